The van der Waals surface area contributed by atoms with E-state index < -0.39 is 43.0 Å². The van der Waals surface area contributed by atoms with Crippen molar-refractivity contribution in [1.82, 2.24) is 9.55 Å². The second-order valence-corrected chi connectivity index (χ2v) is 5.36. The molecule has 1 aromatic heterocycles. The number of rotatable bonds is 5. The zero-order chi connectivity index (χ0) is 17.2. The first-order chi connectivity index (χ1) is 10.8. The number of hydrogen-bond donors (Lipinski definition) is 5. The smallest absolute Gasteiger partial charge is 0.352 e. The van der Waals surface area contributed by atoms with Gasteiger partial charge in [0.25, 0.3) is 5.56 Å². The van der Waals surface area contributed by atoms with Gasteiger partial charge in [-0.1, -0.05) is 0 Å². The van der Waals surface area contributed by atoms with Gasteiger partial charge in [0.15, 0.2) is 10.9 Å². The Kier molecular flexibility index (Phi) is 5.29. The van der Waals surface area contributed by atoms with Gasteiger partial charge >= 0.3 is 11.9 Å². The number of esters is 1. The van der Waals surface area contributed by atoms with E-state index in [0.717, 1.165) is 0 Å². The maximum absolute atomic E-state index is 11.5. The predicted molar refractivity (Wildman–Crippen MR) is 77.3 cm³/mol. The third-order valence-electron chi connectivity index (χ3n) is 3.37. The summed E-state index contributed by atoms with van der Waals surface area (Å²) < 4.78 is 11.3. The molecule has 2 unspecified atom stereocenters. The van der Waals surface area contributed by atoms with Crippen LogP contribution in [0.3, 0.4) is 0 Å². The van der Waals surface area contributed by atoms with Crippen LogP contribution in [0.1, 0.15) is 24.6 Å². The summed E-state index contributed by atoms with van der Waals surface area (Å²) in [7, 11) is 0. The molecule has 0 amide bonds. The Morgan fingerprint density at radius 1 is 1.57 bits per heavy atom. The molecule has 128 valence electrons. The van der Waals surface area contributed by atoms with E-state index in [2.05, 4.69) is 9.72 Å². The van der Waals surface area contributed by atoms with Crippen molar-refractivity contribution in [2.45, 2.75) is 37.8 Å². The molecule has 1 fully saturated rings. The van der Waals surface area contributed by atoms with Crippen molar-refractivity contribution in [1.29, 1.82) is 0 Å². The van der Waals surface area contributed by atoms with Crippen molar-refractivity contribution in [2.75, 3.05) is 6.54 Å². The average molecular weight is 347 g/mol. The number of hydrogen-bond acceptors (Lipinski definition) is 9. The van der Waals surface area contributed by atoms with Crippen molar-refractivity contribution in [3.8, 4) is 0 Å². The highest BCUT2D eigenvalue weighted by Crippen LogP contribution is 2.33. The molecule has 0 spiro atoms. The molecule has 1 aliphatic rings. The monoisotopic (exact) mass is 347 g/mol. The van der Waals surface area contributed by atoms with E-state index in [1.807, 2.05) is 0 Å². The van der Waals surface area contributed by atoms with E-state index in [-0.39, 0.29) is 16.8 Å². The third kappa shape index (κ3) is 3.83. The van der Waals surface area contributed by atoms with E-state index >= 15 is 0 Å². The molecule has 1 aromatic rings. The van der Waals surface area contributed by atoms with Crippen LogP contribution in [0.5, 0.6) is 0 Å². The summed E-state index contributed by atoms with van der Waals surface area (Å²) >= 11 is 5.02. The standard InChI is InChI=1S/C12H17N3O7S/c13-3-9(17)22-12(19,20)7-1-2-8(21-7)15-4-6(5-16)10(18)14-11(15)23/h4,7-8,16,19-20H,1-3,5,13H2,(H,14,18,23). The minimum Gasteiger partial charge on any atom is -0.405 e. The Bertz CT molecular complexity index is 699. The first kappa shape index (κ1) is 17.7. The summed E-state index contributed by atoms with van der Waals surface area (Å²) in [4.78, 5) is 25.0. The van der Waals surface area contributed by atoms with Crippen LogP contribution in [-0.4, -0.2) is 49.5 Å². The van der Waals surface area contributed by atoms with Crippen LogP contribution >= 0.6 is 12.2 Å². The minimum atomic E-state index is -2.82. The molecule has 10 nitrogen and oxygen atoms in total. The molecule has 2 heterocycles. The fourth-order valence-corrected chi connectivity index (χ4v) is 2.49. The van der Waals surface area contributed by atoms with E-state index in [1.54, 1.807) is 0 Å². The summed E-state index contributed by atoms with van der Waals surface area (Å²) in [6.07, 6.45) is -0.125. The molecule has 0 bridgehead atoms. The SMILES string of the molecule is NCC(=O)OC(O)(O)C1CCC(n2cc(CO)c(=O)[nH]c2=S)O1. The average Bonchev–Trinajstić information content (AvgIpc) is 2.97. The van der Waals surface area contributed by atoms with Crippen LogP contribution in [0.4, 0.5) is 0 Å². The third-order valence-corrected chi connectivity index (χ3v) is 3.68. The largest absolute Gasteiger partial charge is 0.405 e. The van der Waals surface area contributed by atoms with Crippen molar-refractivity contribution in [3.05, 3.63) is 26.9 Å². The number of aliphatic hydroxyl groups is 3. The summed E-state index contributed by atoms with van der Waals surface area (Å²) in [6, 6.07) is 0. The lowest BCUT2D eigenvalue weighted by molar-refractivity contribution is -0.362. The summed E-state index contributed by atoms with van der Waals surface area (Å²) in [6.45, 7) is -0.997. The van der Waals surface area contributed by atoms with E-state index in [1.165, 1.54) is 10.8 Å². The van der Waals surface area contributed by atoms with Gasteiger partial charge < -0.3 is 30.5 Å². The predicted octanol–water partition coefficient (Wildman–Crippen LogP) is -1.78. The van der Waals surface area contributed by atoms with Gasteiger partial charge in [-0.25, -0.2) is 0 Å². The zero-order valence-electron chi connectivity index (χ0n) is 12.0. The van der Waals surface area contributed by atoms with Gasteiger partial charge in [0, 0.05) is 6.20 Å². The number of nitrogens with zero attached hydrogens (tertiary/aromatic N) is 1. The molecule has 11 heteroatoms. The van der Waals surface area contributed by atoms with Gasteiger partial charge in [0.1, 0.15) is 6.23 Å². The highest BCUT2D eigenvalue weighted by molar-refractivity contribution is 7.71. The number of aliphatic hydroxyl groups excluding tert-OH is 1. The van der Waals surface area contributed by atoms with Crippen molar-refractivity contribution in [3.63, 3.8) is 0 Å². The fraction of sp³-hybridized carbons (Fsp3) is 0.583. The number of aromatic nitrogens is 2. The van der Waals surface area contributed by atoms with Crippen LogP contribution in [0.25, 0.3) is 0 Å². The molecule has 6 N–H and O–H groups in total. The van der Waals surface area contributed by atoms with Crippen molar-refractivity contribution in [2.24, 2.45) is 5.73 Å². The minimum absolute atomic E-state index is 0.0540. The maximum atomic E-state index is 11.5. The lowest BCUT2D eigenvalue weighted by Gasteiger charge is -2.27. The zero-order valence-corrected chi connectivity index (χ0v) is 12.8. The maximum Gasteiger partial charge on any atom is 0.352 e. The van der Waals surface area contributed by atoms with Crippen LogP contribution in [0.2, 0.25) is 0 Å². The number of ether oxygens (including phenoxy) is 2. The first-order valence-electron chi connectivity index (χ1n) is 6.75. The molecule has 0 saturated carbocycles. The quantitative estimate of drug-likeness (QED) is 0.235. The van der Waals surface area contributed by atoms with Crippen LogP contribution < -0.4 is 11.3 Å². The molecule has 2 atom stereocenters. The summed E-state index contributed by atoms with van der Waals surface area (Å²) in [5, 5.41) is 28.7. The Hall–Kier alpha value is -1.63. The summed E-state index contributed by atoms with van der Waals surface area (Å²) in [5.74, 6) is -3.82. The molecular formula is C12H17N3O7S. The van der Waals surface area contributed by atoms with Crippen LogP contribution in [0, 0.1) is 4.77 Å². The number of nitrogens with two attached hydrogens (primary N) is 1. The second kappa shape index (κ2) is 6.86. The van der Waals surface area contributed by atoms with Gasteiger partial charge in [-0.3, -0.25) is 19.1 Å². The Morgan fingerprint density at radius 2 is 2.26 bits per heavy atom. The molecular weight excluding hydrogens is 330 g/mol. The number of carbonyl (C=O) groups excluding carboxylic acids is 1. The number of carbonyl (C=O) groups is 1. The highest BCUT2D eigenvalue weighted by atomic mass is 32.1. The Morgan fingerprint density at radius 3 is 2.87 bits per heavy atom. The number of H-pyrrole nitrogens is 1. The number of nitrogens with one attached hydrogen (secondary N) is 1. The normalized spacial score (nSPS) is 21.4. The molecule has 1 aliphatic heterocycles. The molecule has 23 heavy (non-hydrogen) atoms. The topological polar surface area (TPSA) is 160 Å². The molecule has 1 saturated heterocycles. The van der Waals surface area contributed by atoms with Crippen LogP contribution in [0.15, 0.2) is 11.0 Å². The lowest BCUT2D eigenvalue weighted by atomic mass is 10.2. The van der Waals surface area contributed by atoms with Gasteiger partial charge in [-0.15, -0.1) is 0 Å². The van der Waals surface area contributed by atoms with Crippen molar-refractivity contribution >= 4 is 18.2 Å². The van der Waals surface area contributed by atoms with Gasteiger partial charge in [0.2, 0.25) is 0 Å². The second-order valence-electron chi connectivity index (χ2n) is 4.97. The van der Waals surface area contributed by atoms with Crippen LogP contribution in [-0.2, 0) is 20.9 Å². The number of aromatic amines is 1. The van der Waals surface area contributed by atoms with Gasteiger partial charge in [0.05, 0.1) is 18.7 Å². The molecule has 0 radical (unpaired) electrons. The van der Waals surface area contributed by atoms with Gasteiger partial charge in [-0.2, -0.15) is 0 Å². The fourth-order valence-electron chi connectivity index (χ4n) is 2.23. The molecule has 0 aromatic carbocycles. The molecule has 2 rings (SSSR count). The highest BCUT2D eigenvalue weighted by Gasteiger charge is 2.45. The summed E-state index contributed by atoms with van der Waals surface area (Å²) in [5.41, 5.74) is 4.62. The van der Waals surface area contributed by atoms with E-state index in [9.17, 15) is 19.8 Å². The first-order valence-corrected chi connectivity index (χ1v) is 7.16. The Labute approximate surface area is 135 Å². The Balaban J connectivity index is 2.19. The lowest BCUT2D eigenvalue weighted by Crippen LogP contribution is -2.47. The van der Waals surface area contributed by atoms with E-state index in [0.29, 0.717) is 6.42 Å². The van der Waals surface area contributed by atoms with E-state index in [4.69, 9.17) is 27.8 Å². The van der Waals surface area contributed by atoms with Crippen molar-refractivity contribution < 1.29 is 29.6 Å². The molecule has 0 aliphatic carbocycles. The van der Waals surface area contributed by atoms with Gasteiger partial charge in [-0.05, 0) is 25.1 Å².